The number of alkyl halides is 3. The summed E-state index contributed by atoms with van der Waals surface area (Å²) in [6.07, 6.45) is -2.80. The minimum Gasteiger partial charge on any atom is -0.371 e. The van der Waals surface area contributed by atoms with Crippen LogP contribution in [-0.2, 0) is 6.18 Å². The van der Waals surface area contributed by atoms with Crippen LogP contribution in [0.1, 0.15) is 18.4 Å². The van der Waals surface area contributed by atoms with Crippen molar-refractivity contribution in [2.24, 2.45) is 5.73 Å². The highest BCUT2D eigenvalue weighted by molar-refractivity contribution is 6.30. The third-order valence-corrected chi connectivity index (χ3v) is 3.33. The molecule has 2 nitrogen and oxygen atoms in total. The second-order valence-electron chi connectivity index (χ2n) is 4.52. The van der Waals surface area contributed by atoms with Crippen LogP contribution in [0.5, 0.6) is 0 Å². The molecule has 1 aliphatic rings. The quantitative estimate of drug-likeness (QED) is 0.854. The van der Waals surface area contributed by atoms with E-state index in [4.69, 9.17) is 17.3 Å². The summed E-state index contributed by atoms with van der Waals surface area (Å²) in [6.45, 7) is 1.33. The molecule has 1 fully saturated rings. The van der Waals surface area contributed by atoms with Crippen LogP contribution in [0.4, 0.5) is 18.9 Å². The van der Waals surface area contributed by atoms with Gasteiger partial charge in [0.25, 0.3) is 0 Å². The molecule has 0 bridgehead atoms. The molecule has 0 radical (unpaired) electrons. The average Bonchev–Trinajstić information content (AvgIpc) is 2.28. The third kappa shape index (κ3) is 3.09. The first kappa shape index (κ1) is 13.5. The lowest BCUT2D eigenvalue weighted by molar-refractivity contribution is -0.137. The van der Waals surface area contributed by atoms with Gasteiger partial charge in [-0.25, -0.2) is 0 Å². The summed E-state index contributed by atoms with van der Waals surface area (Å²) < 4.78 is 38.0. The van der Waals surface area contributed by atoms with Crippen LogP contribution in [0, 0.1) is 0 Å². The van der Waals surface area contributed by atoms with E-state index in [2.05, 4.69) is 0 Å². The molecular formula is C12H14ClF3N2. The van der Waals surface area contributed by atoms with Gasteiger partial charge in [-0.3, -0.25) is 0 Å². The monoisotopic (exact) mass is 278 g/mol. The SMILES string of the molecule is NC1CCN(c2cc(Cl)cc(C(F)(F)F)c2)CC1. The Morgan fingerprint density at radius 2 is 1.78 bits per heavy atom. The molecule has 0 spiro atoms. The Labute approximate surface area is 109 Å². The summed E-state index contributed by atoms with van der Waals surface area (Å²) in [5, 5.41) is 0.106. The molecule has 100 valence electrons. The number of halogens is 4. The zero-order chi connectivity index (χ0) is 13.3. The summed E-state index contributed by atoms with van der Waals surface area (Å²) in [5.74, 6) is 0. The lowest BCUT2D eigenvalue weighted by atomic mass is 10.0. The summed E-state index contributed by atoms with van der Waals surface area (Å²) in [4.78, 5) is 1.89. The molecule has 0 amide bonds. The Morgan fingerprint density at radius 1 is 1.17 bits per heavy atom. The standard InChI is InChI=1S/C12H14ClF3N2/c13-9-5-8(12(14,15)16)6-11(7-9)18-3-1-10(17)2-4-18/h5-7,10H,1-4,17H2. The molecule has 0 saturated carbocycles. The number of benzene rings is 1. The molecule has 1 saturated heterocycles. The zero-order valence-electron chi connectivity index (χ0n) is 9.67. The largest absolute Gasteiger partial charge is 0.416 e. The van der Waals surface area contributed by atoms with E-state index in [0.29, 0.717) is 18.8 Å². The molecule has 0 unspecified atom stereocenters. The van der Waals surface area contributed by atoms with Crippen LogP contribution >= 0.6 is 11.6 Å². The van der Waals surface area contributed by atoms with Gasteiger partial charge in [-0.15, -0.1) is 0 Å². The fourth-order valence-electron chi connectivity index (χ4n) is 2.08. The number of hydrogen-bond acceptors (Lipinski definition) is 2. The maximum atomic E-state index is 12.7. The van der Waals surface area contributed by atoms with Crippen LogP contribution in [0.2, 0.25) is 5.02 Å². The van der Waals surface area contributed by atoms with Crippen LogP contribution in [0.25, 0.3) is 0 Å². The van der Waals surface area contributed by atoms with Crippen molar-refractivity contribution in [3.63, 3.8) is 0 Å². The van der Waals surface area contributed by atoms with Gasteiger partial charge in [-0.1, -0.05) is 11.6 Å². The lowest BCUT2D eigenvalue weighted by Gasteiger charge is -2.32. The van der Waals surface area contributed by atoms with Gasteiger partial charge in [-0.2, -0.15) is 13.2 Å². The highest BCUT2D eigenvalue weighted by Crippen LogP contribution is 2.34. The van der Waals surface area contributed by atoms with Crippen molar-refractivity contribution in [1.29, 1.82) is 0 Å². The Bertz CT molecular complexity index is 426. The topological polar surface area (TPSA) is 29.3 Å². The van der Waals surface area contributed by atoms with E-state index in [0.717, 1.165) is 25.0 Å². The van der Waals surface area contributed by atoms with E-state index >= 15 is 0 Å². The van der Waals surface area contributed by atoms with Crippen LogP contribution in [-0.4, -0.2) is 19.1 Å². The maximum Gasteiger partial charge on any atom is 0.416 e. The molecule has 1 aliphatic heterocycles. The van der Waals surface area contributed by atoms with Crippen molar-refractivity contribution >= 4 is 17.3 Å². The second kappa shape index (κ2) is 4.97. The van der Waals surface area contributed by atoms with Gasteiger partial charge in [0.1, 0.15) is 0 Å². The second-order valence-corrected chi connectivity index (χ2v) is 4.96. The van der Waals surface area contributed by atoms with Gasteiger partial charge >= 0.3 is 6.18 Å². The molecule has 1 heterocycles. The predicted molar refractivity (Wildman–Crippen MR) is 65.9 cm³/mol. The molecule has 2 N–H and O–H groups in total. The lowest BCUT2D eigenvalue weighted by Crippen LogP contribution is -2.39. The van der Waals surface area contributed by atoms with E-state index in [1.807, 2.05) is 4.90 Å². The highest BCUT2D eigenvalue weighted by Gasteiger charge is 2.31. The van der Waals surface area contributed by atoms with Crippen molar-refractivity contribution in [3.05, 3.63) is 28.8 Å². The van der Waals surface area contributed by atoms with E-state index < -0.39 is 11.7 Å². The predicted octanol–water partition coefficient (Wildman–Crippen LogP) is 3.29. The van der Waals surface area contributed by atoms with Gasteiger partial charge in [0.15, 0.2) is 0 Å². The molecule has 1 aromatic carbocycles. The van der Waals surface area contributed by atoms with Gasteiger partial charge in [0, 0.05) is 29.8 Å². The molecule has 18 heavy (non-hydrogen) atoms. The third-order valence-electron chi connectivity index (χ3n) is 3.11. The van der Waals surface area contributed by atoms with Crippen LogP contribution in [0.15, 0.2) is 18.2 Å². The molecule has 0 aliphatic carbocycles. The number of nitrogens with zero attached hydrogens (tertiary/aromatic N) is 1. The molecule has 1 aromatic rings. The van der Waals surface area contributed by atoms with Gasteiger partial charge in [-0.05, 0) is 31.0 Å². The van der Waals surface area contributed by atoms with E-state index in [1.54, 1.807) is 6.07 Å². The number of nitrogens with two attached hydrogens (primary N) is 1. The van der Waals surface area contributed by atoms with E-state index in [9.17, 15) is 13.2 Å². The highest BCUT2D eigenvalue weighted by atomic mass is 35.5. The molecule has 6 heteroatoms. The van der Waals surface area contributed by atoms with Crippen molar-refractivity contribution in [2.75, 3.05) is 18.0 Å². The molecular weight excluding hydrogens is 265 g/mol. The summed E-state index contributed by atoms with van der Waals surface area (Å²) in [5.41, 5.74) is 5.58. The first-order chi connectivity index (χ1) is 8.36. The minimum absolute atomic E-state index is 0.106. The van der Waals surface area contributed by atoms with E-state index in [-0.39, 0.29) is 11.1 Å². The Hall–Kier alpha value is -0.940. The van der Waals surface area contributed by atoms with Crippen molar-refractivity contribution in [1.82, 2.24) is 0 Å². The van der Waals surface area contributed by atoms with Crippen LogP contribution < -0.4 is 10.6 Å². The van der Waals surface area contributed by atoms with Crippen LogP contribution in [0.3, 0.4) is 0 Å². The summed E-state index contributed by atoms with van der Waals surface area (Å²) in [6, 6.07) is 3.79. The molecule has 0 aromatic heterocycles. The minimum atomic E-state index is -4.37. The normalized spacial score (nSPS) is 18.2. The zero-order valence-corrected chi connectivity index (χ0v) is 10.4. The molecule has 0 atom stereocenters. The Morgan fingerprint density at radius 3 is 2.33 bits per heavy atom. The maximum absolute atomic E-state index is 12.7. The fraction of sp³-hybridized carbons (Fsp3) is 0.500. The average molecular weight is 279 g/mol. The number of anilines is 1. The molecule has 2 rings (SSSR count). The Kier molecular flexibility index (Phi) is 3.73. The first-order valence-electron chi connectivity index (χ1n) is 5.74. The smallest absolute Gasteiger partial charge is 0.371 e. The number of hydrogen-bond donors (Lipinski definition) is 1. The van der Waals surface area contributed by atoms with Gasteiger partial charge in [0.05, 0.1) is 5.56 Å². The fourth-order valence-corrected chi connectivity index (χ4v) is 2.31. The van der Waals surface area contributed by atoms with Gasteiger partial charge < -0.3 is 10.6 Å². The van der Waals surface area contributed by atoms with E-state index in [1.165, 1.54) is 0 Å². The number of piperidine rings is 1. The van der Waals surface area contributed by atoms with Crippen molar-refractivity contribution in [3.8, 4) is 0 Å². The first-order valence-corrected chi connectivity index (χ1v) is 6.12. The van der Waals surface area contributed by atoms with Gasteiger partial charge in [0.2, 0.25) is 0 Å². The van der Waals surface area contributed by atoms with Crippen molar-refractivity contribution < 1.29 is 13.2 Å². The summed E-state index contributed by atoms with van der Waals surface area (Å²) >= 11 is 5.75. The van der Waals surface area contributed by atoms with Crippen molar-refractivity contribution in [2.45, 2.75) is 25.1 Å². The summed E-state index contributed by atoms with van der Waals surface area (Å²) in [7, 11) is 0. The Balaban J connectivity index is 2.25. The number of rotatable bonds is 1.